The first-order valence-corrected chi connectivity index (χ1v) is 8.79. The molecule has 23 heavy (non-hydrogen) atoms. The number of nitrogens with two attached hydrogens (primary N) is 1. The van der Waals surface area contributed by atoms with E-state index in [1.165, 1.54) is 31.4 Å². The van der Waals surface area contributed by atoms with Crippen LogP contribution in [0, 0.1) is 6.92 Å². The van der Waals surface area contributed by atoms with E-state index in [9.17, 15) is 13.2 Å². The first-order chi connectivity index (χ1) is 10.7. The molecule has 3 N–H and O–H groups in total. The average Bonchev–Trinajstić information content (AvgIpc) is 2.46. The Morgan fingerprint density at radius 1 is 1.22 bits per heavy atom. The number of amides is 1. The van der Waals surface area contributed by atoms with Gasteiger partial charge in [0.25, 0.3) is 10.0 Å². The Hall–Kier alpha value is -2.06. The molecular formula is C15H15BrN2O4S. The van der Waals surface area contributed by atoms with Gasteiger partial charge in [-0.3, -0.25) is 9.52 Å². The standard InChI is InChI=1S/C15H15BrN2O4S/c1-9-3-6-14(11(16)7-9)23(20,21)18-12-8-10(15(17)19)4-5-13(12)22-2/h3-8,18H,1-2H3,(H2,17,19). The highest BCUT2D eigenvalue weighted by Gasteiger charge is 2.20. The third kappa shape index (κ3) is 3.83. The van der Waals surface area contributed by atoms with E-state index < -0.39 is 15.9 Å². The molecule has 0 atom stereocenters. The van der Waals surface area contributed by atoms with Crippen LogP contribution in [0.3, 0.4) is 0 Å². The van der Waals surface area contributed by atoms with Crippen LogP contribution in [0.25, 0.3) is 0 Å². The van der Waals surface area contributed by atoms with Crippen LogP contribution in [0.1, 0.15) is 15.9 Å². The third-order valence-electron chi connectivity index (χ3n) is 3.11. The van der Waals surface area contributed by atoms with Crippen molar-refractivity contribution in [3.05, 3.63) is 52.0 Å². The smallest absolute Gasteiger partial charge is 0.263 e. The summed E-state index contributed by atoms with van der Waals surface area (Å²) < 4.78 is 33.1. The Labute approximate surface area is 142 Å². The summed E-state index contributed by atoms with van der Waals surface area (Å²) in [5.41, 5.74) is 6.45. The van der Waals surface area contributed by atoms with Crippen LogP contribution in [-0.4, -0.2) is 21.4 Å². The number of hydrogen-bond acceptors (Lipinski definition) is 4. The van der Waals surface area contributed by atoms with Crippen LogP contribution < -0.4 is 15.2 Å². The highest BCUT2D eigenvalue weighted by Crippen LogP contribution is 2.30. The summed E-state index contributed by atoms with van der Waals surface area (Å²) in [4.78, 5) is 11.4. The van der Waals surface area contributed by atoms with Crippen molar-refractivity contribution >= 4 is 37.5 Å². The Morgan fingerprint density at radius 2 is 1.91 bits per heavy atom. The van der Waals surface area contributed by atoms with E-state index in [1.807, 2.05) is 6.92 Å². The second-order valence-electron chi connectivity index (χ2n) is 4.82. The Bertz CT molecular complexity index is 866. The number of primary amides is 1. The van der Waals surface area contributed by atoms with E-state index in [-0.39, 0.29) is 21.9 Å². The first-order valence-electron chi connectivity index (χ1n) is 6.51. The molecule has 0 unspecified atom stereocenters. The van der Waals surface area contributed by atoms with Crippen LogP contribution in [0.2, 0.25) is 0 Å². The summed E-state index contributed by atoms with van der Waals surface area (Å²) in [6, 6.07) is 9.15. The number of halogens is 1. The Kier molecular flexibility index (Phi) is 4.96. The fourth-order valence-electron chi connectivity index (χ4n) is 1.96. The minimum atomic E-state index is -3.86. The van der Waals surface area contributed by atoms with Crippen LogP contribution in [-0.2, 0) is 10.0 Å². The van der Waals surface area contributed by atoms with Crippen molar-refractivity contribution in [3.63, 3.8) is 0 Å². The first kappa shape index (κ1) is 17.3. The van der Waals surface area contributed by atoms with Gasteiger partial charge in [-0.25, -0.2) is 8.42 Å². The Morgan fingerprint density at radius 3 is 2.48 bits per heavy atom. The summed E-state index contributed by atoms with van der Waals surface area (Å²) in [5, 5.41) is 0. The second kappa shape index (κ2) is 6.59. The highest BCUT2D eigenvalue weighted by atomic mass is 79.9. The molecule has 0 spiro atoms. The zero-order valence-electron chi connectivity index (χ0n) is 12.5. The molecule has 2 aromatic carbocycles. The number of carbonyl (C=O) groups is 1. The van der Waals surface area contributed by atoms with E-state index in [1.54, 1.807) is 12.1 Å². The lowest BCUT2D eigenvalue weighted by Gasteiger charge is -2.14. The van der Waals surface area contributed by atoms with Crippen LogP contribution in [0.15, 0.2) is 45.8 Å². The summed E-state index contributed by atoms with van der Waals surface area (Å²) in [6.07, 6.45) is 0. The van der Waals surface area contributed by atoms with Crippen LogP contribution in [0.4, 0.5) is 5.69 Å². The number of rotatable bonds is 5. The fourth-order valence-corrected chi connectivity index (χ4v) is 4.22. The number of aryl methyl sites for hydroxylation is 1. The molecule has 6 nitrogen and oxygen atoms in total. The van der Waals surface area contributed by atoms with Crippen molar-refractivity contribution in [2.45, 2.75) is 11.8 Å². The zero-order valence-corrected chi connectivity index (χ0v) is 14.9. The number of sulfonamides is 1. The van der Waals surface area contributed by atoms with Gasteiger partial charge in [0.05, 0.1) is 12.8 Å². The number of methoxy groups -OCH3 is 1. The molecule has 0 heterocycles. The SMILES string of the molecule is COc1ccc(C(N)=O)cc1NS(=O)(=O)c1ccc(C)cc1Br. The molecule has 0 radical (unpaired) electrons. The molecule has 0 saturated heterocycles. The van der Waals surface area contributed by atoms with E-state index in [4.69, 9.17) is 10.5 Å². The Balaban J connectivity index is 2.48. The summed E-state index contributed by atoms with van der Waals surface area (Å²) in [5.74, 6) is -0.383. The van der Waals surface area contributed by atoms with E-state index in [2.05, 4.69) is 20.7 Å². The maximum absolute atomic E-state index is 12.6. The van der Waals surface area contributed by atoms with Crippen molar-refractivity contribution in [2.75, 3.05) is 11.8 Å². The van der Waals surface area contributed by atoms with Gasteiger partial charge in [0.1, 0.15) is 10.6 Å². The molecule has 8 heteroatoms. The van der Waals surface area contributed by atoms with Gasteiger partial charge in [0.2, 0.25) is 5.91 Å². The maximum Gasteiger partial charge on any atom is 0.263 e. The lowest BCUT2D eigenvalue weighted by atomic mass is 10.2. The van der Waals surface area contributed by atoms with Crippen molar-refractivity contribution < 1.29 is 17.9 Å². The van der Waals surface area contributed by atoms with Gasteiger partial charge >= 0.3 is 0 Å². The van der Waals surface area contributed by atoms with Gasteiger partial charge in [-0.15, -0.1) is 0 Å². The van der Waals surface area contributed by atoms with Crippen molar-refractivity contribution in [1.29, 1.82) is 0 Å². The van der Waals surface area contributed by atoms with Gasteiger partial charge in [0.15, 0.2) is 0 Å². The van der Waals surface area contributed by atoms with Gasteiger partial charge in [-0.05, 0) is 58.7 Å². The van der Waals surface area contributed by atoms with Gasteiger partial charge < -0.3 is 10.5 Å². The number of benzene rings is 2. The largest absolute Gasteiger partial charge is 0.495 e. The van der Waals surface area contributed by atoms with E-state index in [0.717, 1.165) is 5.56 Å². The number of nitrogens with one attached hydrogen (secondary N) is 1. The molecule has 0 aliphatic rings. The number of anilines is 1. The quantitative estimate of drug-likeness (QED) is 0.808. The van der Waals surface area contributed by atoms with E-state index in [0.29, 0.717) is 4.47 Å². The molecular weight excluding hydrogens is 384 g/mol. The lowest BCUT2D eigenvalue weighted by molar-refractivity contribution is 0.100. The molecule has 1 amide bonds. The van der Waals surface area contributed by atoms with Gasteiger partial charge in [0, 0.05) is 10.0 Å². The molecule has 0 bridgehead atoms. The van der Waals surface area contributed by atoms with Gasteiger partial charge in [-0.1, -0.05) is 6.07 Å². The minimum absolute atomic E-state index is 0.0784. The monoisotopic (exact) mass is 398 g/mol. The summed E-state index contributed by atoms with van der Waals surface area (Å²) >= 11 is 3.25. The number of ether oxygens (including phenoxy) is 1. The summed E-state index contributed by atoms with van der Waals surface area (Å²) in [6.45, 7) is 1.86. The molecule has 2 rings (SSSR count). The highest BCUT2D eigenvalue weighted by molar-refractivity contribution is 9.10. The predicted molar refractivity (Wildman–Crippen MR) is 91.2 cm³/mol. The zero-order chi connectivity index (χ0) is 17.2. The fraction of sp³-hybridized carbons (Fsp3) is 0.133. The molecule has 0 aliphatic heterocycles. The summed E-state index contributed by atoms with van der Waals surface area (Å²) in [7, 11) is -2.46. The minimum Gasteiger partial charge on any atom is -0.495 e. The van der Waals surface area contributed by atoms with Crippen molar-refractivity contribution in [3.8, 4) is 5.75 Å². The molecule has 0 aromatic heterocycles. The lowest BCUT2D eigenvalue weighted by Crippen LogP contribution is -2.16. The third-order valence-corrected chi connectivity index (χ3v) is 5.45. The predicted octanol–water partition coefficient (Wildman–Crippen LogP) is 2.67. The van der Waals surface area contributed by atoms with Crippen LogP contribution >= 0.6 is 15.9 Å². The molecule has 0 aliphatic carbocycles. The average molecular weight is 399 g/mol. The van der Waals surface area contributed by atoms with Crippen LogP contribution in [0.5, 0.6) is 5.75 Å². The second-order valence-corrected chi connectivity index (χ2v) is 7.32. The molecule has 0 saturated carbocycles. The number of hydrogen-bond donors (Lipinski definition) is 2. The van der Waals surface area contributed by atoms with Crippen molar-refractivity contribution in [2.24, 2.45) is 5.73 Å². The van der Waals surface area contributed by atoms with E-state index >= 15 is 0 Å². The van der Waals surface area contributed by atoms with Gasteiger partial charge in [-0.2, -0.15) is 0 Å². The van der Waals surface area contributed by atoms with Crippen molar-refractivity contribution in [1.82, 2.24) is 0 Å². The molecule has 2 aromatic rings. The number of carbonyl (C=O) groups excluding carboxylic acids is 1. The molecule has 0 fully saturated rings. The normalized spacial score (nSPS) is 11.1. The maximum atomic E-state index is 12.6. The topological polar surface area (TPSA) is 98.5 Å². The molecule has 122 valence electrons.